The molecular formula is C9H14N4O. The molecule has 1 aliphatic carbocycles. The fourth-order valence-electron chi connectivity index (χ4n) is 2.75. The van der Waals surface area contributed by atoms with Crippen LogP contribution in [0.5, 0.6) is 0 Å². The third kappa shape index (κ3) is 1.15. The molecule has 2 N–H and O–H groups in total. The zero-order chi connectivity index (χ0) is 9.54. The number of hydrogen-bond acceptors (Lipinski definition) is 5. The van der Waals surface area contributed by atoms with E-state index in [9.17, 15) is 0 Å². The quantitative estimate of drug-likeness (QED) is 0.719. The summed E-state index contributed by atoms with van der Waals surface area (Å²) in [7, 11) is 0. The zero-order valence-corrected chi connectivity index (χ0v) is 8.02. The Hall–Kier alpha value is -1.26. The molecule has 1 saturated carbocycles. The van der Waals surface area contributed by atoms with Crippen molar-refractivity contribution in [2.45, 2.75) is 19.3 Å². The molecule has 3 rings (SSSR count). The Balaban J connectivity index is 1.76. The maximum absolute atomic E-state index is 5.40. The van der Waals surface area contributed by atoms with Gasteiger partial charge in [-0.05, 0) is 24.7 Å². The van der Waals surface area contributed by atoms with E-state index in [2.05, 4.69) is 15.1 Å². The van der Waals surface area contributed by atoms with E-state index in [1.54, 1.807) is 0 Å². The zero-order valence-electron chi connectivity index (χ0n) is 8.02. The minimum atomic E-state index is 0.164. The molecule has 1 aromatic heterocycles. The second-order valence-electron chi connectivity index (χ2n) is 4.28. The smallest absolute Gasteiger partial charge is 0.319 e. The fraction of sp³-hybridized carbons (Fsp3) is 0.778. The topological polar surface area (TPSA) is 68.2 Å². The minimum absolute atomic E-state index is 0.164. The van der Waals surface area contributed by atoms with Crippen molar-refractivity contribution in [1.29, 1.82) is 0 Å². The standard InChI is InChI=1S/C9H14N4O/c10-8-11-12-9(14-8)13-4-6-2-1-3-7(6)5-13/h6-7H,1-5H2,(H2,10,11). The van der Waals surface area contributed by atoms with Gasteiger partial charge in [0, 0.05) is 13.1 Å². The minimum Gasteiger partial charge on any atom is -0.390 e. The average Bonchev–Trinajstić information content (AvgIpc) is 2.75. The maximum Gasteiger partial charge on any atom is 0.319 e. The lowest BCUT2D eigenvalue weighted by Gasteiger charge is -2.12. The number of nitrogens with zero attached hydrogens (tertiary/aromatic N) is 3. The van der Waals surface area contributed by atoms with E-state index in [0.717, 1.165) is 24.9 Å². The molecule has 5 heteroatoms. The summed E-state index contributed by atoms with van der Waals surface area (Å²) in [6.45, 7) is 2.12. The van der Waals surface area contributed by atoms with Crippen LogP contribution in [0, 0.1) is 11.8 Å². The molecule has 2 heterocycles. The normalized spacial score (nSPS) is 31.0. The van der Waals surface area contributed by atoms with Crippen LogP contribution in [0.4, 0.5) is 12.0 Å². The lowest BCUT2D eigenvalue weighted by molar-refractivity contribution is 0.494. The lowest BCUT2D eigenvalue weighted by atomic mass is 10.0. The molecule has 76 valence electrons. The Kier molecular flexibility index (Phi) is 1.65. The second-order valence-corrected chi connectivity index (χ2v) is 4.28. The van der Waals surface area contributed by atoms with E-state index in [4.69, 9.17) is 10.2 Å². The second kappa shape index (κ2) is 2.87. The van der Waals surface area contributed by atoms with Crippen LogP contribution in [0.1, 0.15) is 19.3 Å². The van der Waals surface area contributed by atoms with Gasteiger partial charge in [0.15, 0.2) is 0 Å². The molecule has 0 radical (unpaired) electrons. The van der Waals surface area contributed by atoms with Crippen LogP contribution in [0.15, 0.2) is 4.42 Å². The number of aromatic nitrogens is 2. The molecule has 1 saturated heterocycles. The van der Waals surface area contributed by atoms with Crippen LogP contribution in [0.2, 0.25) is 0 Å². The van der Waals surface area contributed by atoms with E-state index in [0.29, 0.717) is 6.01 Å². The Bertz CT molecular complexity index is 325. The monoisotopic (exact) mass is 194 g/mol. The Morgan fingerprint density at radius 2 is 1.93 bits per heavy atom. The van der Waals surface area contributed by atoms with E-state index in [1.807, 2.05) is 0 Å². The van der Waals surface area contributed by atoms with Gasteiger partial charge in [-0.1, -0.05) is 16.6 Å². The largest absolute Gasteiger partial charge is 0.390 e. The molecule has 0 bridgehead atoms. The summed E-state index contributed by atoms with van der Waals surface area (Å²) in [5.41, 5.74) is 5.40. The predicted octanol–water partition coefficient (Wildman–Crippen LogP) is 0.888. The summed E-state index contributed by atoms with van der Waals surface area (Å²) in [4.78, 5) is 2.16. The SMILES string of the molecule is Nc1nnc(N2CC3CCCC3C2)o1. The van der Waals surface area contributed by atoms with Crippen molar-refractivity contribution in [3.05, 3.63) is 0 Å². The fourth-order valence-corrected chi connectivity index (χ4v) is 2.75. The van der Waals surface area contributed by atoms with Gasteiger partial charge in [-0.25, -0.2) is 0 Å². The summed E-state index contributed by atoms with van der Waals surface area (Å²) >= 11 is 0. The highest BCUT2D eigenvalue weighted by Crippen LogP contribution is 2.39. The molecule has 1 aromatic rings. The summed E-state index contributed by atoms with van der Waals surface area (Å²) in [5.74, 6) is 1.67. The third-order valence-electron chi connectivity index (χ3n) is 3.43. The molecule has 0 amide bonds. The molecule has 0 aromatic carbocycles. The van der Waals surface area contributed by atoms with Crippen LogP contribution < -0.4 is 10.6 Å². The van der Waals surface area contributed by atoms with Crippen LogP contribution in [0.3, 0.4) is 0 Å². The van der Waals surface area contributed by atoms with Gasteiger partial charge in [0.25, 0.3) is 0 Å². The number of nitrogen functional groups attached to an aromatic ring is 1. The highest BCUT2D eigenvalue weighted by atomic mass is 16.4. The van der Waals surface area contributed by atoms with E-state index in [1.165, 1.54) is 19.3 Å². The summed E-state index contributed by atoms with van der Waals surface area (Å²) in [6.07, 6.45) is 4.09. The molecule has 2 unspecified atom stereocenters. The highest BCUT2D eigenvalue weighted by Gasteiger charge is 2.37. The van der Waals surface area contributed by atoms with Crippen molar-refractivity contribution in [2.75, 3.05) is 23.7 Å². The van der Waals surface area contributed by atoms with Crippen molar-refractivity contribution in [3.8, 4) is 0 Å². The molecule has 2 fully saturated rings. The number of fused-ring (bicyclic) bond motifs is 1. The van der Waals surface area contributed by atoms with E-state index in [-0.39, 0.29) is 6.01 Å². The average molecular weight is 194 g/mol. The van der Waals surface area contributed by atoms with E-state index < -0.39 is 0 Å². The number of hydrogen-bond donors (Lipinski definition) is 1. The van der Waals surface area contributed by atoms with Gasteiger partial charge in [0.1, 0.15) is 0 Å². The predicted molar refractivity (Wildman–Crippen MR) is 51.8 cm³/mol. The molecule has 2 aliphatic rings. The van der Waals surface area contributed by atoms with Crippen LogP contribution >= 0.6 is 0 Å². The molecule has 1 aliphatic heterocycles. The molecule has 14 heavy (non-hydrogen) atoms. The first-order valence-electron chi connectivity index (χ1n) is 5.17. The van der Waals surface area contributed by atoms with Crippen molar-refractivity contribution < 1.29 is 4.42 Å². The first kappa shape index (κ1) is 8.08. The van der Waals surface area contributed by atoms with Gasteiger partial charge in [-0.2, -0.15) is 0 Å². The maximum atomic E-state index is 5.40. The van der Waals surface area contributed by atoms with Gasteiger partial charge in [0.2, 0.25) is 0 Å². The van der Waals surface area contributed by atoms with Crippen LogP contribution in [-0.4, -0.2) is 23.3 Å². The number of anilines is 2. The lowest BCUT2D eigenvalue weighted by Crippen LogP contribution is -2.20. The Labute approximate surface area is 82.3 Å². The van der Waals surface area contributed by atoms with Crippen molar-refractivity contribution in [3.63, 3.8) is 0 Å². The first-order chi connectivity index (χ1) is 6.83. The summed E-state index contributed by atoms with van der Waals surface area (Å²) in [5, 5.41) is 7.58. The highest BCUT2D eigenvalue weighted by molar-refractivity contribution is 5.30. The van der Waals surface area contributed by atoms with Crippen molar-refractivity contribution in [2.24, 2.45) is 11.8 Å². The summed E-state index contributed by atoms with van der Waals surface area (Å²) in [6, 6.07) is 0.758. The molecule has 2 atom stereocenters. The Morgan fingerprint density at radius 3 is 2.50 bits per heavy atom. The molecule has 0 spiro atoms. The van der Waals surface area contributed by atoms with Crippen LogP contribution in [0.25, 0.3) is 0 Å². The first-order valence-corrected chi connectivity index (χ1v) is 5.17. The number of nitrogens with two attached hydrogens (primary N) is 1. The van der Waals surface area contributed by atoms with Crippen molar-refractivity contribution in [1.82, 2.24) is 10.2 Å². The third-order valence-corrected chi connectivity index (χ3v) is 3.43. The van der Waals surface area contributed by atoms with Crippen LogP contribution in [-0.2, 0) is 0 Å². The molecular weight excluding hydrogens is 180 g/mol. The number of rotatable bonds is 1. The van der Waals surface area contributed by atoms with Gasteiger partial charge < -0.3 is 15.1 Å². The van der Waals surface area contributed by atoms with Gasteiger partial charge in [-0.15, -0.1) is 0 Å². The van der Waals surface area contributed by atoms with Gasteiger partial charge in [-0.3, -0.25) is 0 Å². The molecule has 5 nitrogen and oxygen atoms in total. The van der Waals surface area contributed by atoms with Crippen molar-refractivity contribution >= 4 is 12.0 Å². The Morgan fingerprint density at radius 1 is 1.21 bits per heavy atom. The van der Waals surface area contributed by atoms with Gasteiger partial charge in [0.05, 0.1) is 0 Å². The summed E-state index contributed by atoms with van der Waals surface area (Å²) < 4.78 is 5.21. The van der Waals surface area contributed by atoms with Gasteiger partial charge >= 0.3 is 12.0 Å². The van der Waals surface area contributed by atoms with E-state index >= 15 is 0 Å².